The van der Waals surface area contributed by atoms with Gasteiger partial charge in [0.15, 0.2) is 17.6 Å². The maximum atomic E-state index is 13.2. The number of urea groups is 1. The number of hydrogen-bond acceptors (Lipinski definition) is 13. The highest BCUT2D eigenvalue weighted by Gasteiger charge is 2.73. The van der Waals surface area contributed by atoms with E-state index < -0.39 is 52.8 Å². The summed E-state index contributed by atoms with van der Waals surface area (Å²) in [5.41, 5.74) is 9.81. The minimum atomic E-state index is -2.78. The molecule has 17 nitrogen and oxygen atoms in total. The van der Waals surface area contributed by atoms with E-state index in [9.17, 15) is 29.4 Å². The van der Waals surface area contributed by atoms with Crippen LogP contribution in [0.15, 0.2) is 73.8 Å². The van der Waals surface area contributed by atoms with Crippen LogP contribution in [0.3, 0.4) is 0 Å². The van der Waals surface area contributed by atoms with Crippen LogP contribution in [-0.4, -0.2) is 87.5 Å². The van der Waals surface area contributed by atoms with E-state index in [2.05, 4.69) is 43.1 Å². The second-order valence-corrected chi connectivity index (χ2v) is 10.1. The van der Waals surface area contributed by atoms with Crippen molar-refractivity contribution in [2.24, 2.45) is 21.5 Å². The first kappa shape index (κ1) is 26.8. The number of nitrogens with one attached hydrogen (secondary N) is 5. The number of nitrogens with zero attached hydrogens (tertiary/aromatic N) is 3. The number of benzene rings is 1. The summed E-state index contributed by atoms with van der Waals surface area (Å²) in [6.45, 7) is 3.15. The number of nitrogens with two attached hydrogens (primary N) is 2. The monoisotopic (exact) mass is 578 g/mol. The van der Waals surface area contributed by atoms with Crippen molar-refractivity contribution in [2.45, 2.75) is 29.6 Å². The van der Waals surface area contributed by atoms with Crippen LogP contribution in [0.5, 0.6) is 0 Å². The first-order valence-corrected chi connectivity index (χ1v) is 12.7. The molecule has 1 unspecified atom stereocenters. The summed E-state index contributed by atoms with van der Waals surface area (Å²) in [6.07, 6.45) is 2.33. The lowest BCUT2D eigenvalue weighted by atomic mass is 9.85. The lowest BCUT2D eigenvalue weighted by molar-refractivity contribution is -0.230. The molecule has 5 heterocycles. The first-order chi connectivity index (χ1) is 19.9. The van der Waals surface area contributed by atoms with Gasteiger partial charge in [0.05, 0.1) is 11.4 Å². The molecule has 1 saturated heterocycles. The normalized spacial score (nSPS) is 27.4. The van der Waals surface area contributed by atoms with Gasteiger partial charge in [-0.25, -0.2) is 14.8 Å². The Bertz CT molecular complexity index is 1710. The highest BCUT2D eigenvalue weighted by atomic mass is 16.5. The molecule has 4 aliphatic heterocycles. The maximum absolute atomic E-state index is 13.2. The molecule has 4 atom stereocenters. The Kier molecular flexibility index (Phi) is 5.94. The Morgan fingerprint density at radius 2 is 1.93 bits per heavy atom. The van der Waals surface area contributed by atoms with Crippen LogP contribution < -0.4 is 43.5 Å². The van der Waals surface area contributed by atoms with Crippen LogP contribution in [-0.2, 0) is 4.79 Å². The highest BCUT2D eigenvalue weighted by Crippen LogP contribution is 2.44. The number of allylic oxidation sites excluding steroid dienone is 1. The van der Waals surface area contributed by atoms with Gasteiger partial charge in [-0.3, -0.25) is 14.4 Å². The largest absolute Gasteiger partial charge is 0.463 e. The van der Waals surface area contributed by atoms with Crippen molar-refractivity contribution in [1.29, 1.82) is 0 Å². The van der Waals surface area contributed by atoms with Crippen molar-refractivity contribution >= 4 is 40.7 Å². The Hall–Kier alpha value is -5.42. The smallest absolute Gasteiger partial charge is 0.323 e. The van der Waals surface area contributed by atoms with E-state index in [1.54, 1.807) is 18.2 Å². The number of carbonyl (C=O) groups is 3. The zero-order valence-electron chi connectivity index (χ0n) is 21.7. The topological polar surface area (TPSA) is 262 Å². The molecule has 0 bridgehead atoms. The fourth-order valence-electron chi connectivity index (χ4n) is 5.68. The quantitative estimate of drug-likeness (QED) is 0.156. The summed E-state index contributed by atoms with van der Waals surface area (Å²) in [7, 11) is 0. The Morgan fingerprint density at radius 3 is 2.69 bits per heavy atom. The van der Waals surface area contributed by atoms with Gasteiger partial charge < -0.3 is 57.6 Å². The number of carbonyl (C=O) groups excluding carboxylic acids is 3. The van der Waals surface area contributed by atoms with Crippen LogP contribution in [0.2, 0.25) is 0 Å². The second-order valence-electron chi connectivity index (χ2n) is 10.1. The molecule has 42 heavy (non-hydrogen) atoms. The molecular weight excluding hydrogens is 552 g/mol. The van der Waals surface area contributed by atoms with Crippen molar-refractivity contribution in [3.63, 3.8) is 0 Å². The predicted molar refractivity (Wildman–Crippen MR) is 146 cm³/mol. The molecular formula is C25H26N10O7. The molecule has 0 radical (unpaired) electrons. The van der Waals surface area contributed by atoms with Gasteiger partial charge in [0.25, 0.3) is 11.8 Å². The Balaban J connectivity index is 1.26. The molecule has 1 aromatic heterocycles. The van der Waals surface area contributed by atoms with E-state index >= 15 is 0 Å². The number of amides is 4. The summed E-state index contributed by atoms with van der Waals surface area (Å²) < 4.78 is 5.42. The highest BCUT2D eigenvalue weighted by molar-refractivity contribution is 5.99. The number of hydrogen-bond donors (Lipinski definition) is 9. The molecule has 1 aromatic carbocycles. The van der Waals surface area contributed by atoms with Gasteiger partial charge in [0.2, 0.25) is 11.2 Å². The van der Waals surface area contributed by atoms with Crippen molar-refractivity contribution in [2.75, 3.05) is 13.1 Å². The van der Waals surface area contributed by atoms with Gasteiger partial charge in [-0.1, -0.05) is 18.7 Å². The summed E-state index contributed by atoms with van der Waals surface area (Å²) in [4.78, 5) is 60.6. The van der Waals surface area contributed by atoms with E-state index in [0.717, 1.165) is 6.26 Å². The van der Waals surface area contributed by atoms with Crippen LogP contribution in [0.4, 0.5) is 4.79 Å². The van der Waals surface area contributed by atoms with Gasteiger partial charge in [0.1, 0.15) is 35.2 Å². The van der Waals surface area contributed by atoms with Gasteiger partial charge in [-0.15, -0.1) is 0 Å². The average molecular weight is 579 g/mol. The van der Waals surface area contributed by atoms with E-state index in [1.165, 1.54) is 17.0 Å². The number of rotatable bonds is 5. The maximum Gasteiger partial charge on any atom is 0.323 e. The third kappa shape index (κ3) is 3.93. The lowest BCUT2D eigenvalue weighted by Gasteiger charge is -2.49. The fourth-order valence-corrected chi connectivity index (χ4v) is 5.68. The second kappa shape index (κ2) is 9.32. The zero-order valence-corrected chi connectivity index (χ0v) is 21.7. The number of aliphatic imine (C=N–C) groups is 2. The molecule has 17 heteroatoms. The molecule has 11 N–H and O–H groups in total. The van der Waals surface area contributed by atoms with E-state index in [-0.39, 0.29) is 52.9 Å². The van der Waals surface area contributed by atoms with Crippen molar-refractivity contribution < 1.29 is 29.0 Å². The number of aliphatic hydroxyl groups is 2. The lowest BCUT2D eigenvalue weighted by Crippen LogP contribution is -2.78. The van der Waals surface area contributed by atoms with Crippen LogP contribution in [0.1, 0.15) is 10.4 Å². The third-order valence-corrected chi connectivity index (χ3v) is 7.59. The summed E-state index contributed by atoms with van der Waals surface area (Å²) >= 11 is 0. The molecule has 1 spiro atoms. The van der Waals surface area contributed by atoms with Crippen molar-refractivity contribution in [1.82, 2.24) is 31.5 Å². The van der Waals surface area contributed by atoms with Gasteiger partial charge in [-0.05, 0) is 18.2 Å². The standard InChI is InChI=1S/C25H26N10O7/c1-10-6-13(31-23(39)29-10)20(38)28-7-14-18-24(34-21(26)33-18)25(40,41)16(8-35(24)22(27)30-14)32-19(37)12-9-42-15-5-3-2-4-11(15)17(12)36/h2-6,9,14,16,18,40-41H,1,7-8H2,(H2,27,30)(H,28,38)(H,32,37)(H3,26,33,34)(H2,29,31,39)/t14-,16?,18-,24-/m0/s1. The van der Waals surface area contributed by atoms with Gasteiger partial charge in [-0.2, -0.15) is 0 Å². The summed E-state index contributed by atoms with van der Waals surface area (Å²) in [5, 5.41) is 36.0. The molecule has 218 valence electrons. The average Bonchev–Trinajstić information content (AvgIpc) is 3.40. The minimum absolute atomic E-state index is 0.0686. The van der Waals surface area contributed by atoms with Crippen molar-refractivity contribution in [3.8, 4) is 0 Å². The Morgan fingerprint density at radius 1 is 1.17 bits per heavy atom. The molecule has 2 aromatic rings. The molecule has 4 aliphatic rings. The molecule has 0 aliphatic carbocycles. The Labute approximate surface area is 236 Å². The van der Waals surface area contributed by atoms with Crippen LogP contribution >= 0.6 is 0 Å². The third-order valence-electron chi connectivity index (χ3n) is 7.59. The number of para-hydroxylation sites is 1. The number of guanidine groups is 2. The van der Waals surface area contributed by atoms with Crippen LogP contribution in [0.25, 0.3) is 11.0 Å². The molecule has 6 rings (SSSR count). The van der Waals surface area contributed by atoms with Gasteiger partial charge >= 0.3 is 6.03 Å². The van der Waals surface area contributed by atoms with E-state index in [4.69, 9.17) is 15.9 Å². The SMILES string of the molecule is C=C1C=C(C(=O)NC[C@@H]2N=C(N)N3CC(NC(=O)c4coc5ccccc5c4=O)C(O)(O)[C@@]34NC(N)=N[C@@H]24)NC(=O)N1. The summed E-state index contributed by atoms with van der Waals surface area (Å²) in [5.74, 6) is -4.67. The number of fused-ring (bicyclic) bond motifs is 1. The molecule has 0 saturated carbocycles. The summed E-state index contributed by atoms with van der Waals surface area (Å²) in [6, 6.07) is 2.25. The molecule has 1 fully saturated rings. The minimum Gasteiger partial charge on any atom is -0.463 e. The van der Waals surface area contributed by atoms with Crippen LogP contribution in [0, 0.1) is 0 Å². The van der Waals surface area contributed by atoms with Crippen molar-refractivity contribution in [3.05, 3.63) is 70.4 Å². The first-order valence-electron chi connectivity index (χ1n) is 12.7. The zero-order chi connectivity index (χ0) is 30.0. The van der Waals surface area contributed by atoms with E-state index in [1.807, 2.05) is 0 Å². The van der Waals surface area contributed by atoms with E-state index in [0.29, 0.717) is 0 Å². The predicted octanol–water partition coefficient (Wildman–Crippen LogP) is -3.61. The van der Waals surface area contributed by atoms with Gasteiger partial charge in [0, 0.05) is 18.8 Å². The fraction of sp³-hybridized carbons (Fsp3) is 0.280. The molecule has 4 amide bonds.